The van der Waals surface area contributed by atoms with E-state index in [0.717, 1.165) is 38.1 Å². The molecule has 0 aliphatic rings. The summed E-state index contributed by atoms with van der Waals surface area (Å²) < 4.78 is 51.6. The van der Waals surface area contributed by atoms with Crippen LogP contribution in [0.1, 0.15) is 16.7 Å². The van der Waals surface area contributed by atoms with Gasteiger partial charge in [0.05, 0.1) is 9.79 Å². The largest absolute Gasteiger partial charge is 1.00 e. The molecule has 0 atom stereocenters. The van der Waals surface area contributed by atoms with E-state index in [1.807, 2.05) is 0 Å². The Morgan fingerprint density at radius 3 is 1.20 bits per heavy atom. The van der Waals surface area contributed by atoms with Crippen LogP contribution in [0.3, 0.4) is 0 Å². The number of carbonyl (C=O) groups is 4. The predicted molar refractivity (Wildman–Crippen MR) is 198 cm³/mol. The molecule has 0 saturated heterocycles. The van der Waals surface area contributed by atoms with E-state index in [1.54, 1.807) is 60.7 Å². The SMILES string of the molecule is CNS(=O)(=O)c1ccc(O)c(N=N[C-](C(C)=O)C(=O)Nc2ccccc2)c1.CNS(=O)(=O)c1ccc(O)c(N=N[C-](C(C)=O)C(=O)Nc2ccccc2)c1.[Fe].[H+].[H+]. The van der Waals surface area contributed by atoms with Gasteiger partial charge in [-0.2, -0.15) is 10.2 Å². The maximum absolute atomic E-state index is 12.2. The molecule has 4 aromatic carbocycles. The number of rotatable bonds is 14. The number of nitrogens with zero attached hydrogens (tertiary/aromatic N) is 4. The Morgan fingerprint density at radius 1 is 0.582 bits per heavy atom. The number of sulfonamides is 2. The second-order valence-corrected chi connectivity index (χ2v) is 14.3. The molecule has 292 valence electrons. The van der Waals surface area contributed by atoms with Gasteiger partial charge in [0, 0.05) is 40.0 Å². The van der Waals surface area contributed by atoms with Gasteiger partial charge in [-0.05, 0) is 88.6 Å². The molecule has 0 bridgehead atoms. The van der Waals surface area contributed by atoms with Crippen molar-refractivity contribution in [3.05, 3.63) is 109 Å². The first kappa shape index (κ1) is 45.2. The standard InChI is InChI=1S/2C17H17N4O5S.Fe/c2*1-11(22)16(17(24)19-12-6-4-3-5-7-12)21-20-14-10-13(8-9-15(14)23)27(25,26)18-2;/h2*3-10,18,23H,1-2H3,(H,19,24);/q2*-1;/p+2. The van der Waals surface area contributed by atoms with Gasteiger partial charge in [0.1, 0.15) is 34.7 Å². The number of amides is 2. The number of hydrogen-bond acceptors (Lipinski definition) is 14. The number of para-hydroxylation sites is 2. The van der Waals surface area contributed by atoms with Crippen molar-refractivity contribution < 1.29 is 66.1 Å². The molecule has 0 fully saturated rings. The van der Waals surface area contributed by atoms with Crippen LogP contribution in [0.25, 0.3) is 0 Å². The number of nitrogens with one attached hydrogen (secondary N) is 4. The first-order valence-electron chi connectivity index (χ1n) is 15.3. The molecule has 55 heavy (non-hydrogen) atoms. The predicted octanol–water partition coefficient (Wildman–Crippen LogP) is 4.51. The van der Waals surface area contributed by atoms with Gasteiger partial charge in [0.15, 0.2) is 0 Å². The van der Waals surface area contributed by atoms with Crippen molar-refractivity contribution >= 4 is 66.2 Å². The van der Waals surface area contributed by atoms with E-state index < -0.39 is 55.5 Å². The van der Waals surface area contributed by atoms with Gasteiger partial charge in [-0.3, -0.25) is 0 Å². The normalized spacial score (nSPS) is 11.1. The van der Waals surface area contributed by atoms with Crippen LogP contribution in [0, 0.1) is 12.1 Å². The van der Waals surface area contributed by atoms with Crippen LogP contribution >= 0.6 is 0 Å². The molecular formula is C34H36FeN8O10S2. The van der Waals surface area contributed by atoms with E-state index in [0.29, 0.717) is 11.4 Å². The van der Waals surface area contributed by atoms with Gasteiger partial charge in [0.2, 0.25) is 20.0 Å². The van der Waals surface area contributed by atoms with E-state index in [2.05, 4.69) is 40.5 Å². The summed E-state index contributed by atoms with van der Waals surface area (Å²) in [6, 6.07) is 22.6. The molecule has 21 heteroatoms. The fourth-order valence-corrected chi connectivity index (χ4v) is 5.42. The van der Waals surface area contributed by atoms with Gasteiger partial charge < -0.3 is 50.3 Å². The molecule has 4 rings (SSSR count). The monoisotopic (exact) mass is 836 g/mol. The Balaban J connectivity index is 0.00000105. The van der Waals surface area contributed by atoms with Crippen LogP contribution in [0.5, 0.6) is 11.5 Å². The number of benzene rings is 4. The smallest absolute Gasteiger partial charge is 0.506 e. The van der Waals surface area contributed by atoms with Gasteiger partial charge in [0.25, 0.3) is 0 Å². The van der Waals surface area contributed by atoms with E-state index >= 15 is 0 Å². The zero-order valence-corrected chi connectivity index (χ0v) is 32.1. The molecule has 0 saturated carbocycles. The molecule has 0 aliphatic heterocycles. The fraction of sp³-hybridized carbons (Fsp3) is 0.118. The second kappa shape index (κ2) is 20.5. The van der Waals surface area contributed by atoms with Crippen LogP contribution in [0.4, 0.5) is 22.7 Å². The van der Waals surface area contributed by atoms with Crippen LogP contribution in [0.15, 0.2) is 127 Å². The molecule has 0 spiro atoms. The minimum absolute atomic E-state index is 0. The summed E-state index contributed by atoms with van der Waals surface area (Å²) in [4.78, 5) is 47.6. The summed E-state index contributed by atoms with van der Waals surface area (Å²) in [5.41, 5.74) is 0.498. The first-order chi connectivity index (χ1) is 25.5. The molecule has 0 aromatic heterocycles. The average molecular weight is 837 g/mol. The van der Waals surface area contributed by atoms with Crippen molar-refractivity contribution in [2.24, 2.45) is 20.5 Å². The summed E-state index contributed by atoms with van der Waals surface area (Å²) >= 11 is 0. The quantitative estimate of drug-likeness (QED) is 0.0448. The van der Waals surface area contributed by atoms with E-state index in [1.165, 1.54) is 26.2 Å². The maximum Gasteiger partial charge on any atom is 1.00 e. The number of azo groups is 2. The van der Waals surface area contributed by atoms with Gasteiger partial charge >= 0.3 is 2.85 Å². The molecular weight excluding hydrogens is 800 g/mol. The molecule has 0 aliphatic carbocycles. The second-order valence-electron chi connectivity index (χ2n) is 10.6. The number of anilines is 2. The van der Waals surface area contributed by atoms with Crippen LogP contribution < -0.4 is 20.1 Å². The van der Waals surface area contributed by atoms with E-state index in [4.69, 9.17) is 0 Å². The molecule has 6 N–H and O–H groups in total. The third kappa shape index (κ3) is 13.1. The van der Waals surface area contributed by atoms with Crippen LogP contribution in [-0.4, -0.2) is 64.5 Å². The van der Waals surface area contributed by atoms with Gasteiger partial charge in [-0.15, -0.1) is 12.1 Å². The Bertz CT molecular complexity index is 2130. The van der Waals surface area contributed by atoms with E-state index in [-0.39, 0.29) is 52.6 Å². The third-order valence-corrected chi connectivity index (χ3v) is 9.55. The number of Topliss-reactive ketones (excluding diaryl/α,β-unsaturated/α-hetero) is 2. The topological polar surface area (TPSA) is 275 Å². The summed E-state index contributed by atoms with van der Waals surface area (Å²) in [7, 11) is -5.06. The Morgan fingerprint density at radius 2 is 0.909 bits per heavy atom. The Labute approximate surface area is 330 Å². The first-order valence-corrected chi connectivity index (χ1v) is 18.3. The Hall–Kier alpha value is -5.96. The van der Waals surface area contributed by atoms with Crippen molar-refractivity contribution in [3.8, 4) is 11.5 Å². The number of ketones is 2. The summed E-state index contributed by atoms with van der Waals surface area (Å²) in [5.74, 6) is -3.58. The maximum atomic E-state index is 12.2. The minimum Gasteiger partial charge on any atom is -0.506 e. The Kier molecular flexibility index (Phi) is 16.8. The molecule has 0 radical (unpaired) electrons. The zero-order valence-electron chi connectivity index (χ0n) is 31.4. The number of phenolic OH excluding ortho intramolecular Hbond substituents is 2. The molecule has 4 aromatic rings. The minimum atomic E-state index is -3.77. The molecule has 2 amide bonds. The summed E-state index contributed by atoms with van der Waals surface area (Å²) in [5, 5.41) is 39.2. The number of hydrogen-bond donors (Lipinski definition) is 6. The average Bonchev–Trinajstić information content (AvgIpc) is 3.13. The molecule has 18 nitrogen and oxygen atoms in total. The van der Waals surface area contributed by atoms with Crippen LogP contribution in [0.2, 0.25) is 0 Å². The summed E-state index contributed by atoms with van der Waals surface area (Å²) in [6.07, 6.45) is 0. The van der Waals surface area contributed by atoms with Gasteiger partial charge in [-0.25, -0.2) is 26.3 Å². The molecule has 0 unspecified atom stereocenters. The third-order valence-electron chi connectivity index (χ3n) is 6.73. The van der Waals surface area contributed by atoms with Crippen molar-refractivity contribution in [1.29, 1.82) is 0 Å². The fourth-order valence-electron chi connectivity index (χ4n) is 3.92. The molecule has 0 heterocycles. The van der Waals surface area contributed by atoms with Crippen molar-refractivity contribution in [2.75, 3.05) is 24.7 Å². The van der Waals surface area contributed by atoms with Crippen molar-refractivity contribution in [2.45, 2.75) is 23.6 Å². The number of phenols is 2. The van der Waals surface area contributed by atoms with Crippen LogP contribution in [-0.2, 0) is 56.3 Å². The number of aromatic hydroxyl groups is 2. The van der Waals surface area contributed by atoms with Crippen molar-refractivity contribution in [3.63, 3.8) is 0 Å². The van der Waals surface area contributed by atoms with Gasteiger partial charge in [-0.1, -0.05) is 36.4 Å². The van der Waals surface area contributed by atoms with Crippen molar-refractivity contribution in [1.82, 2.24) is 9.44 Å². The van der Waals surface area contributed by atoms with E-state index in [9.17, 15) is 46.2 Å². The summed E-state index contributed by atoms with van der Waals surface area (Å²) in [6.45, 7) is 2.28. The zero-order chi connectivity index (χ0) is 40.1. The number of carbonyl (C=O) groups excluding carboxylic acids is 4.